The zero-order chi connectivity index (χ0) is 23.8. The van der Waals surface area contributed by atoms with Crippen molar-refractivity contribution in [2.75, 3.05) is 0 Å². The second kappa shape index (κ2) is 8.80. The lowest BCUT2D eigenvalue weighted by Crippen LogP contribution is -2.46. The molecule has 0 spiro atoms. The van der Waals surface area contributed by atoms with Gasteiger partial charge in [-0.05, 0) is 36.2 Å². The number of halogens is 4. The monoisotopic (exact) mass is 464 g/mol. The highest BCUT2D eigenvalue weighted by molar-refractivity contribution is 6.02. The van der Waals surface area contributed by atoms with Gasteiger partial charge in [-0.1, -0.05) is 12.1 Å². The van der Waals surface area contributed by atoms with E-state index in [9.17, 15) is 31.9 Å². The van der Waals surface area contributed by atoms with E-state index >= 15 is 0 Å². The first kappa shape index (κ1) is 22.7. The third-order valence-corrected chi connectivity index (χ3v) is 5.96. The molecular formula is C22H20F4N4O3. The Morgan fingerprint density at radius 3 is 2.64 bits per heavy atom. The molecule has 2 N–H and O–H groups in total. The van der Waals surface area contributed by atoms with Crippen molar-refractivity contribution in [3.8, 4) is 0 Å². The first-order valence-electron chi connectivity index (χ1n) is 10.3. The summed E-state index contributed by atoms with van der Waals surface area (Å²) in [6.07, 6.45) is -2.45. The standard InChI is InChI=1S/C22H20F4N4O3/c23-18(24)20(32)29-28-19(31)12-4-5-13-11-30(21(33)14(13)9-12)17-6-7-22(25,26)10-15(17)16-3-1-2-8-27-16/h1-5,8-9,15,17-18H,6-7,10-11H2,(H,28,31)(H,29,32). The zero-order valence-corrected chi connectivity index (χ0v) is 17.2. The average Bonchev–Trinajstić information content (AvgIpc) is 3.12. The van der Waals surface area contributed by atoms with Crippen LogP contribution in [-0.4, -0.2) is 46.0 Å². The highest BCUT2D eigenvalue weighted by Gasteiger charge is 2.47. The summed E-state index contributed by atoms with van der Waals surface area (Å²) in [6.45, 7) is 0.192. The molecule has 2 unspecified atom stereocenters. The lowest BCUT2D eigenvalue weighted by atomic mass is 9.79. The second-order valence-electron chi connectivity index (χ2n) is 8.08. The van der Waals surface area contributed by atoms with E-state index in [-0.39, 0.29) is 30.5 Å². The smallest absolute Gasteiger partial charge is 0.317 e. The molecule has 174 valence electrons. The van der Waals surface area contributed by atoms with Gasteiger partial charge in [0.25, 0.3) is 11.8 Å². The van der Waals surface area contributed by atoms with Crippen LogP contribution in [0.1, 0.15) is 57.2 Å². The molecule has 1 aromatic carbocycles. The van der Waals surface area contributed by atoms with Gasteiger partial charge >= 0.3 is 12.3 Å². The molecule has 4 rings (SSSR count). The summed E-state index contributed by atoms with van der Waals surface area (Å²) in [4.78, 5) is 42.1. The first-order valence-corrected chi connectivity index (χ1v) is 10.3. The fraction of sp³-hybridized carbons (Fsp3) is 0.364. The van der Waals surface area contributed by atoms with E-state index in [4.69, 9.17) is 0 Å². The molecule has 3 amide bonds. The number of aromatic nitrogens is 1. The van der Waals surface area contributed by atoms with Gasteiger partial charge < -0.3 is 4.90 Å². The van der Waals surface area contributed by atoms with Gasteiger partial charge in [0.15, 0.2) is 0 Å². The van der Waals surface area contributed by atoms with Crippen LogP contribution < -0.4 is 10.9 Å². The summed E-state index contributed by atoms with van der Waals surface area (Å²) in [7, 11) is 0. The molecule has 2 heterocycles. The molecule has 0 bridgehead atoms. The number of amides is 3. The topological polar surface area (TPSA) is 91.4 Å². The van der Waals surface area contributed by atoms with Crippen LogP contribution in [0.3, 0.4) is 0 Å². The lowest BCUT2D eigenvalue weighted by molar-refractivity contribution is -0.132. The minimum absolute atomic E-state index is 0.0185. The third kappa shape index (κ3) is 4.67. The number of carbonyl (C=O) groups excluding carboxylic acids is 3. The van der Waals surface area contributed by atoms with Crippen LogP contribution in [-0.2, 0) is 11.3 Å². The molecule has 1 aliphatic heterocycles. The molecule has 1 aromatic heterocycles. The molecule has 1 aliphatic carbocycles. The predicted molar refractivity (Wildman–Crippen MR) is 107 cm³/mol. The Morgan fingerprint density at radius 2 is 1.94 bits per heavy atom. The Labute approximate surface area is 186 Å². The van der Waals surface area contributed by atoms with Gasteiger partial charge in [0.2, 0.25) is 5.92 Å². The van der Waals surface area contributed by atoms with Gasteiger partial charge in [-0.3, -0.25) is 30.2 Å². The molecule has 0 saturated heterocycles. The van der Waals surface area contributed by atoms with Crippen LogP contribution in [0.5, 0.6) is 0 Å². The molecule has 2 aliphatic rings. The number of hydrogen-bond donors (Lipinski definition) is 2. The van der Waals surface area contributed by atoms with Gasteiger partial charge in [0.1, 0.15) is 0 Å². The van der Waals surface area contributed by atoms with Crippen molar-refractivity contribution in [3.63, 3.8) is 0 Å². The number of hydrogen-bond acceptors (Lipinski definition) is 4. The van der Waals surface area contributed by atoms with E-state index in [1.165, 1.54) is 23.2 Å². The van der Waals surface area contributed by atoms with Crippen molar-refractivity contribution in [1.82, 2.24) is 20.7 Å². The summed E-state index contributed by atoms with van der Waals surface area (Å²) >= 11 is 0. The fourth-order valence-electron chi connectivity index (χ4n) is 4.37. The number of carbonyl (C=O) groups is 3. The SMILES string of the molecule is O=C(NNC(=O)C(F)F)c1ccc2c(c1)C(=O)N(C1CCC(F)(F)CC1c1ccccn1)C2. The van der Waals surface area contributed by atoms with Crippen LogP contribution in [0.2, 0.25) is 0 Å². The largest absolute Gasteiger partial charge is 0.331 e. The molecule has 33 heavy (non-hydrogen) atoms. The number of benzene rings is 1. The highest BCUT2D eigenvalue weighted by Crippen LogP contribution is 2.45. The summed E-state index contributed by atoms with van der Waals surface area (Å²) in [5.41, 5.74) is 4.76. The van der Waals surface area contributed by atoms with Gasteiger partial charge in [-0.25, -0.2) is 8.78 Å². The van der Waals surface area contributed by atoms with Crippen LogP contribution in [0.4, 0.5) is 17.6 Å². The highest BCUT2D eigenvalue weighted by atomic mass is 19.3. The maximum Gasteiger partial charge on any atom is 0.317 e. The number of rotatable bonds is 4. The number of nitrogens with one attached hydrogen (secondary N) is 2. The van der Waals surface area contributed by atoms with Crippen molar-refractivity contribution < 1.29 is 31.9 Å². The van der Waals surface area contributed by atoms with E-state index < -0.39 is 48.5 Å². The normalized spacial score (nSPS) is 21.6. The molecular weight excluding hydrogens is 444 g/mol. The minimum Gasteiger partial charge on any atom is -0.331 e. The van der Waals surface area contributed by atoms with E-state index in [1.807, 2.05) is 5.43 Å². The molecule has 11 heteroatoms. The fourth-order valence-corrected chi connectivity index (χ4v) is 4.37. The Balaban J connectivity index is 1.54. The Kier molecular flexibility index (Phi) is 6.05. The van der Waals surface area contributed by atoms with Crippen LogP contribution >= 0.6 is 0 Å². The molecule has 2 aromatic rings. The number of hydrazine groups is 1. The van der Waals surface area contributed by atoms with Gasteiger partial charge in [0.05, 0.1) is 0 Å². The summed E-state index contributed by atoms with van der Waals surface area (Å²) < 4.78 is 53.0. The van der Waals surface area contributed by atoms with E-state index in [0.717, 1.165) is 0 Å². The molecule has 1 fully saturated rings. The first-order chi connectivity index (χ1) is 15.7. The quantitative estimate of drug-likeness (QED) is 0.538. The van der Waals surface area contributed by atoms with Gasteiger partial charge in [-0.2, -0.15) is 8.78 Å². The Bertz CT molecular complexity index is 1080. The van der Waals surface area contributed by atoms with Gasteiger partial charge in [0, 0.05) is 54.4 Å². The van der Waals surface area contributed by atoms with E-state index in [2.05, 4.69) is 4.98 Å². The van der Waals surface area contributed by atoms with Crippen molar-refractivity contribution in [1.29, 1.82) is 0 Å². The van der Waals surface area contributed by atoms with Crippen molar-refractivity contribution in [2.45, 2.75) is 50.1 Å². The number of nitrogens with zero attached hydrogens (tertiary/aromatic N) is 2. The molecule has 1 saturated carbocycles. The average molecular weight is 464 g/mol. The minimum atomic E-state index is -3.30. The van der Waals surface area contributed by atoms with Crippen molar-refractivity contribution in [2.24, 2.45) is 0 Å². The number of alkyl halides is 4. The molecule has 0 radical (unpaired) electrons. The van der Waals surface area contributed by atoms with E-state index in [1.54, 1.807) is 29.7 Å². The maximum atomic E-state index is 14.2. The summed E-state index contributed by atoms with van der Waals surface area (Å²) in [6, 6.07) is 8.81. The molecule has 7 nitrogen and oxygen atoms in total. The Morgan fingerprint density at radius 1 is 1.15 bits per heavy atom. The summed E-state index contributed by atoms with van der Waals surface area (Å²) in [5, 5.41) is 0. The second-order valence-corrected chi connectivity index (χ2v) is 8.08. The van der Waals surface area contributed by atoms with E-state index in [0.29, 0.717) is 11.3 Å². The third-order valence-electron chi connectivity index (χ3n) is 5.96. The summed E-state index contributed by atoms with van der Waals surface area (Å²) in [5.74, 6) is -6.46. The predicted octanol–water partition coefficient (Wildman–Crippen LogP) is 3.04. The van der Waals surface area contributed by atoms with Crippen LogP contribution in [0, 0.1) is 0 Å². The zero-order valence-electron chi connectivity index (χ0n) is 17.2. The number of pyridine rings is 1. The van der Waals surface area contributed by atoms with Crippen molar-refractivity contribution in [3.05, 3.63) is 65.0 Å². The maximum absolute atomic E-state index is 14.2. The Hall–Kier alpha value is -3.50. The van der Waals surface area contributed by atoms with Crippen LogP contribution in [0.15, 0.2) is 42.6 Å². The van der Waals surface area contributed by atoms with Crippen molar-refractivity contribution >= 4 is 17.7 Å². The number of fused-ring (bicyclic) bond motifs is 1. The lowest BCUT2D eigenvalue weighted by Gasteiger charge is -2.40. The van der Waals surface area contributed by atoms with Crippen LogP contribution in [0.25, 0.3) is 0 Å². The van der Waals surface area contributed by atoms with Gasteiger partial charge in [-0.15, -0.1) is 0 Å². The molecule has 2 atom stereocenters.